The van der Waals surface area contributed by atoms with E-state index in [1.54, 1.807) is 0 Å². The number of nitrogens with zero attached hydrogens (tertiary/aromatic N) is 2. The van der Waals surface area contributed by atoms with Gasteiger partial charge in [0.15, 0.2) is 9.84 Å². The van der Waals surface area contributed by atoms with Gasteiger partial charge in [0.25, 0.3) is 0 Å². The first-order valence-corrected chi connectivity index (χ1v) is 6.30. The van der Waals surface area contributed by atoms with Crippen LogP contribution < -0.4 is 0 Å². The Morgan fingerprint density at radius 1 is 1.15 bits per heavy atom. The number of aliphatic hydroxyl groups excluding tert-OH is 1. The van der Waals surface area contributed by atoms with Crippen molar-refractivity contribution in [2.24, 2.45) is 0 Å². The molecule has 0 amide bonds. The van der Waals surface area contributed by atoms with E-state index in [0.717, 1.165) is 13.1 Å². The number of sulfone groups is 1. The molecule has 1 N–H and O–H groups in total. The van der Waals surface area contributed by atoms with Crippen molar-refractivity contribution in [3.8, 4) is 0 Å². The second-order valence-corrected chi connectivity index (χ2v) is 5.54. The number of rotatable bonds is 3. The van der Waals surface area contributed by atoms with Crippen LogP contribution >= 0.6 is 0 Å². The van der Waals surface area contributed by atoms with Crippen LogP contribution in [0.3, 0.4) is 0 Å². The predicted molar refractivity (Wildman–Crippen MR) is 49.9 cm³/mol. The van der Waals surface area contributed by atoms with Gasteiger partial charge in [-0.3, -0.25) is 9.80 Å². The second-order valence-electron chi connectivity index (χ2n) is 3.43. The van der Waals surface area contributed by atoms with Crippen LogP contribution in [-0.4, -0.2) is 68.4 Å². The molecule has 1 heterocycles. The molecule has 1 fully saturated rings. The molecule has 1 saturated heterocycles. The lowest BCUT2D eigenvalue weighted by Gasteiger charge is -2.32. The fraction of sp³-hybridized carbons (Fsp3) is 1.00. The Labute approximate surface area is 78.9 Å². The van der Waals surface area contributed by atoms with Crippen LogP contribution in [0.1, 0.15) is 0 Å². The maximum Gasteiger partial charge on any atom is 0.160 e. The third-order valence-corrected chi connectivity index (χ3v) is 2.92. The van der Waals surface area contributed by atoms with Crippen molar-refractivity contribution in [1.82, 2.24) is 9.80 Å². The Morgan fingerprint density at radius 3 is 2.00 bits per heavy atom. The monoisotopic (exact) mass is 208 g/mol. The summed E-state index contributed by atoms with van der Waals surface area (Å²) in [6.45, 7) is 2.98. The first-order valence-electron chi connectivity index (χ1n) is 4.24. The molecular formula is C7H16N2O3S. The molecule has 0 radical (unpaired) electrons. The smallest absolute Gasteiger partial charge is 0.160 e. The molecule has 13 heavy (non-hydrogen) atoms. The van der Waals surface area contributed by atoms with Crippen LogP contribution in [0.2, 0.25) is 0 Å². The average molecular weight is 208 g/mol. The van der Waals surface area contributed by atoms with Gasteiger partial charge in [-0.25, -0.2) is 8.42 Å². The van der Waals surface area contributed by atoms with Crippen LogP contribution in [0, 0.1) is 0 Å². The maximum absolute atomic E-state index is 10.9. The SMILES string of the molecule is CS(=O)(=O)CN1CCN(CO)CC1. The minimum atomic E-state index is -2.90. The summed E-state index contributed by atoms with van der Waals surface area (Å²) < 4.78 is 21.9. The number of hydrogen-bond donors (Lipinski definition) is 1. The summed E-state index contributed by atoms with van der Waals surface area (Å²) in [7, 11) is -2.90. The lowest BCUT2D eigenvalue weighted by molar-refractivity contribution is 0.0605. The highest BCUT2D eigenvalue weighted by atomic mass is 32.2. The van der Waals surface area contributed by atoms with Gasteiger partial charge >= 0.3 is 0 Å². The molecule has 6 heteroatoms. The topological polar surface area (TPSA) is 60.9 Å². The highest BCUT2D eigenvalue weighted by Crippen LogP contribution is 2.01. The van der Waals surface area contributed by atoms with E-state index in [2.05, 4.69) is 0 Å². The Bertz CT molecular complexity index is 244. The van der Waals surface area contributed by atoms with E-state index in [-0.39, 0.29) is 12.6 Å². The van der Waals surface area contributed by atoms with Crippen molar-refractivity contribution in [1.29, 1.82) is 0 Å². The molecular weight excluding hydrogens is 192 g/mol. The molecule has 0 aromatic carbocycles. The number of hydrogen-bond acceptors (Lipinski definition) is 5. The highest BCUT2D eigenvalue weighted by molar-refractivity contribution is 7.90. The molecule has 0 aliphatic carbocycles. The van der Waals surface area contributed by atoms with E-state index in [0.29, 0.717) is 13.1 Å². The first kappa shape index (κ1) is 10.9. The van der Waals surface area contributed by atoms with Gasteiger partial charge in [0, 0.05) is 32.4 Å². The van der Waals surface area contributed by atoms with Crippen LogP contribution in [0.25, 0.3) is 0 Å². The third-order valence-electron chi connectivity index (χ3n) is 2.08. The van der Waals surface area contributed by atoms with Gasteiger partial charge in [0.2, 0.25) is 0 Å². The zero-order valence-electron chi connectivity index (χ0n) is 7.81. The Kier molecular flexibility index (Phi) is 3.66. The molecule has 1 aliphatic rings. The number of piperazine rings is 1. The molecule has 0 atom stereocenters. The van der Waals surface area contributed by atoms with E-state index in [1.165, 1.54) is 6.26 Å². The summed E-state index contributed by atoms with van der Waals surface area (Å²) in [6, 6.07) is 0. The molecule has 0 saturated carbocycles. The molecule has 0 spiro atoms. The largest absolute Gasteiger partial charge is 0.381 e. The van der Waals surface area contributed by atoms with E-state index < -0.39 is 9.84 Å². The highest BCUT2D eigenvalue weighted by Gasteiger charge is 2.18. The second kappa shape index (κ2) is 4.36. The lowest BCUT2D eigenvalue weighted by Crippen LogP contribution is -2.47. The van der Waals surface area contributed by atoms with Gasteiger partial charge in [0.05, 0.1) is 6.73 Å². The summed E-state index contributed by atoms with van der Waals surface area (Å²) in [6.07, 6.45) is 1.24. The van der Waals surface area contributed by atoms with Crippen molar-refractivity contribution in [2.45, 2.75) is 0 Å². The van der Waals surface area contributed by atoms with E-state index >= 15 is 0 Å². The van der Waals surface area contributed by atoms with Crippen molar-refractivity contribution < 1.29 is 13.5 Å². The average Bonchev–Trinajstić information content (AvgIpc) is 2.03. The molecule has 0 aromatic rings. The van der Waals surface area contributed by atoms with E-state index in [9.17, 15) is 8.42 Å². The van der Waals surface area contributed by atoms with Crippen LogP contribution in [0.5, 0.6) is 0 Å². The van der Waals surface area contributed by atoms with Crippen LogP contribution in [0.15, 0.2) is 0 Å². The normalized spacial score (nSPS) is 22.0. The van der Waals surface area contributed by atoms with Gasteiger partial charge < -0.3 is 5.11 Å². The molecule has 0 bridgehead atoms. The zero-order valence-corrected chi connectivity index (χ0v) is 8.63. The van der Waals surface area contributed by atoms with Gasteiger partial charge in [-0.2, -0.15) is 0 Å². The number of aliphatic hydroxyl groups is 1. The van der Waals surface area contributed by atoms with Crippen molar-refractivity contribution in [3.05, 3.63) is 0 Å². The van der Waals surface area contributed by atoms with Gasteiger partial charge in [-0.05, 0) is 0 Å². The zero-order chi connectivity index (χ0) is 9.90. The molecule has 0 aromatic heterocycles. The molecule has 5 nitrogen and oxygen atoms in total. The van der Waals surface area contributed by atoms with Crippen molar-refractivity contribution >= 4 is 9.84 Å². The molecule has 0 unspecified atom stereocenters. The molecule has 1 aliphatic heterocycles. The minimum absolute atomic E-state index is 0.0622. The fourth-order valence-electron chi connectivity index (χ4n) is 1.39. The predicted octanol–water partition coefficient (Wildman–Crippen LogP) is -1.44. The van der Waals surface area contributed by atoms with Gasteiger partial charge in [-0.15, -0.1) is 0 Å². The summed E-state index contributed by atoms with van der Waals surface area (Å²) in [5.41, 5.74) is 0. The summed E-state index contributed by atoms with van der Waals surface area (Å²) >= 11 is 0. The molecule has 1 rings (SSSR count). The third kappa shape index (κ3) is 4.04. The fourth-order valence-corrected chi connectivity index (χ4v) is 2.31. The summed E-state index contributed by atoms with van der Waals surface area (Å²) in [5, 5.41) is 8.80. The summed E-state index contributed by atoms with van der Waals surface area (Å²) in [4.78, 5) is 3.78. The van der Waals surface area contributed by atoms with Gasteiger partial charge in [0.1, 0.15) is 5.88 Å². The maximum atomic E-state index is 10.9. The van der Waals surface area contributed by atoms with Crippen LogP contribution in [0.4, 0.5) is 0 Å². The summed E-state index contributed by atoms with van der Waals surface area (Å²) in [5.74, 6) is 0.131. The standard InChI is InChI=1S/C7H16N2O3S/c1-13(11,12)7-9-4-2-8(6-10)3-5-9/h10H,2-7H2,1H3. The first-order chi connectivity index (χ1) is 6.01. The van der Waals surface area contributed by atoms with Gasteiger partial charge in [-0.1, -0.05) is 0 Å². The minimum Gasteiger partial charge on any atom is -0.381 e. The Balaban J connectivity index is 2.33. The Hall–Kier alpha value is -0.170. The van der Waals surface area contributed by atoms with Crippen molar-refractivity contribution in [3.63, 3.8) is 0 Å². The van der Waals surface area contributed by atoms with Crippen molar-refractivity contribution in [2.75, 3.05) is 45.0 Å². The van der Waals surface area contributed by atoms with Crippen LogP contribution in [-0.2, 0) is 9.84 Å². The Morgan fingerprint density at radius 2 is 1.62 bits per heavy atom. The molecule has 78 valence electrons. The van der Waals surface area contributed by atoms with E-state index in [4.69, 9.17) is 5.11 Å². The van der Waals surface area contributed by atoms with E-state index in [1.807, 2.05) is 9.80 Å². The quantitative estimate of drug-likeness (QED) is 0.615. The lowest BCUT2D eigenvalue weighted by atomic mass is 10.3.